The van der Waals surface area contributed by atoms with Gasteiger partial charge in [-0.05, 0) is 58.0 Å². The third kappa shape index (κ3) is 3.26. The van der Waals surface area contributed by atoms with Gasteiger partial charge in [0.05, 0.1) is 5.69 Å². The minimum absolute atomic E-state index is 0.812. The van der Waals surface area contributed by atoms with E-state index in [-0.39, 0.29) is 0 Å². The maximum absolute atomic E-state index is 4.25. The fraction of sp³-hybridized carbons (Fsp3) is 0.769. The lowest BCUT2D eigenvalue weighted by Crippen LogP contribution is -2.32. The fourth-order valence-electron chi connectivity index (χ4n) is 2.50. The number of hydrogen-bond acceptors (Lipinski definition) is 3. The van der Waals surface area contributed by atoms with Gasteiger partial charge in [-0.15, -0.1) is 0 Å². The highest BCUT2D eigenvalue weighted by Gasteiger charge is 2.19. The summed E-state index contributed by atoms with van der Waals surface area (Å²) in [4.78, 5) is 2.53. The van der Waals surface area contributed by atoms with Gasteiger partial charge in [-0.2, -0.15) is 16.9 Å². The Morgan fingerprint density at radius 3 is 2.88 bits per heavy atom. The molecule has 1 aromatic heterocycles. The highest BCUT2D eigenvalue weighted by molar-refractivity contribution is 7.99. The van der Waals surface area contributed by atoms with Gasteiger partial charge < -0.3 is 4.90 Å². The van der Waals surface area contributed by atoms with Gasteiger partial charge in [0.15, 0.2) is 0 Å². The molecule has 3 nitrogen and oxygen atoms in total. The van der Waals surface area contributed by atoms with E-state index in [4.69, 9.17) is 0 Å². The van der Waals surface area contributed by atoms with E-state index in [0.29, 0.717) is 0 Å². The van der Waals surface area contributed by atoms with Crippen molar-refractivity contribution < 1.29 is 0 Å². The van der Waals surface area contributed by atoms with Crippen molar-refractivity contribution in [3.8, 4) is 0 Å². The second-order valence-electron chi connectivity index (χ2n) is 5.01. The molecular formula is C13H23N3S. The number of aryl methyl sites for hydroxylation is 2. The van der Waals surface area contributed by atoms with Gasteiger partial charge in [-0.25, -0.2) is 0 Å². The Bertz CT molecular complexity index is 336. The summed E-state index contributed by atoms with van der Waals surface area (Å²) in [5.41, 5.74) is 3.82. The number of hydrogen-bond donors (Lipinski definition) is 1. The molecule has 1 N–H and O–H groups in total. The first kappa shape index (κ1) is 13.0. The summed E-state index contributed by atoms with van der Waals surface area (Å²) in [7, 11) is 2.27. The second-order valence-corrected chi connectivity index (χ2v) is 6.16. The lowest BCUT2D eigenvalue weighted by Gasteiger charge is -2.23. The van der Waals surface area contributed by atoms with Crippen molar-refractivity contribution in [3.63, 3.8) is 0 Å². The number of rotatable bonds is 5. The van der Waals surface area contributed by atoms with E-state index >= 15 is 0 Å². The van der Waals surface area contributed by atoms with Crippen molar-refractivity contribution >= 4 is 11.8 Å². The number of aromatic amines is 1. The maximum atomic E-state index is 4.25. The Balaban J connectivity index is 1.75. The fourth-order valence-corrected chi connectivity index (χ4v) is 3.80. The van der Waals surface area contributed by atoms with Gasteiger partial charge in [0.1, 0.15) is 0 Å². The molecule has 4 heteroatoms. The topological polar surface area (TPSA) is 31.9 Å². The van der Waals surface area contributed by atoms with Crippen LogP contribution >= 0.6 is 11.8 Å². The van der Waals surface area contributed by atoms with Crippen LogP contribution in [0.15, 0.2) is 0 Å². The molecule has 2 heterocycles. The standard InChI is InChI=1S/C13H23N3S/c1-10-13(11(2)15-14-10)5-4-7-16(3)12-6-8-17-9-12/h12H,4-9H2,1-3H3,(H,14,15). The van der Waals surface area contributed by atoms with Crippen LogP contribution in [-0.4, -0.2) is 46.2 Å². The highest BCUT2D eigenvalue weighted by atomic mass is 32.2. The molecule has 1 aliphatic heterocycles. The zero-order valence-electron chi connectivity index (χ0n) is 11.1. The molecule has 1 saturated heterocycles. The Morgan fingerprint density at radius 1 is 1.47 bits per heavy atom. The Hall–Kier alpha value is -0.480. The van der Waals surface area contributed by atoms with E-state index in [1.807, 2.05) is 0 Å². The van der Waals surface area contributed by atoms with Crippen LogP contribution in [0.5, 0.6) is 0 Å². The van der Waals surface area contributed by atoms with Crippen molar-refractivity contribution in [1.29, 1.82) is 0 Å². The van der Waals surface area contributed by atoms with Crippen molar-refractivity contribution in [3.05, 3.63) is 17.0 Å². The minimum atomic E-state index is 0.812. The van der Waals surface area contributed by atoms with Gasteiger partial charge in [-0.1, -0.05) is 0 Å². The third-order valence-corrected chi connectivity index (χ3v) is 4.89. The average molecular weight is 253 g/mol. The molecule has 1 atom stereocenters. The number of nitrogens with zero attached hydrogens (tertiary/aromatic N) is 2. The van der Waals surface area contributed by atoms with Crippen LogP contribution in [-0.2, 0) is 6.42 Å². The number of H-pyrrole nitrogens is 1. The SMILES string of the molecule is Cc1n[nH]c(C)c1CCCN(C)C1CCSC1. The minimum Gasteiger partial charge on any atom is -0.303 e. The lowest BCUT2D eigenvalue weighted by atomic mass is 10.1. The molecule has 0 aliphatic carbocycles. The predicted octanol–water partition coefficient (Wildman–Crippen LogP) is 2.40. The van der Waals surface area contributed by atoms with Crippen LogP contribution < -0.4 is 0 Å². The summed E-state index contributed by atoms with van der Waals surface area (Å²) in [6, 6.07) is 0.812. The molecule has 0 saturated carbocycles. The zero-order valence-corrected chi connectivity index (χ0v) is 11.9. The van der Waals surface area contributed by atoms with Crippen LogP contribution in [0.2, 0.25) is 0 Å². The van der Waals surface area contributed by atoms with Crippen LogP contribution in [0.4, 0.5) is 0 Å². The molecular weight excluding hydrogens is 230 g/mol. The molecule has 1 fully saturated rings. The summed E-state index contributed by atoms with van der Waals surface area (Å²) in [6.45, 7) is 5.41. The van der Waals surface area contributed by atoms with E-state index in [2.05, 4.69) is 47.8 Å². The second kappa shape index (κ2) is 5.91. The summed E-state index contributed by atoms with van der Waals surface area (Å²) in [5.74, 6) is 2.66. The smallest absolute Gasteiger partial charge is 0.0625 e. The van der Waals surface area contributed by atoms with Crippen molar-refractivity contribution in [2.24, 2.45) is 0 Å². The van der Waals surface area contributed by atoms with Gasteiger partial charge in [0, 0.05) is 17.5 Å². The molecule has 0 spiro atoms. The van der Waals surface area contributed by atoms with Crippen LogP contribution in [0, 0.1) is 13.8 Å². The monoisotopic (exact) mass is 253 g/mol. The van der Waals surface area contributed by atoms with E-state index in [1.165, 1.54) is 47.8 Å². The molecule has 1 unspecified atom stereocenters. The first-order valence-electron chi connectivity index (χ1n) is 6.47. The van der Waals surface area contributed by atoms with Gasteiger partial charge in [0.2, 0.25) is 0 Å². The van der Waals surface area contributed by atoms with E-state index in [9.17, 15) is 0 Å². The molecule has 2 rings (SSSR count). The predicted molar refractivity (Wildman–Crippen MR) is 74.7 cm³/mol. The molecule has 1 aliphatic rings. The molecule has 17 heavy (non-hydrogen) atoms. The lowest BCUT2D eigenvalue weighted by molar-refractivity contribution is 0.259. The normalized spacial score (nSPS) is 20.4. The molecule has 0 aromatic carbocycles. The van der Waals surface area contributed by atoms with Gasteiger partial charge in [0.25, 0.3) is 0 Å². The maximum Gasteiger partial charge on any atom is 0.0625 e. The van der Waals surface area contributed by atoms with Crippen LogP contribution in [0.3, 0.4) is 0 Å². The largest absolute Gasteiger partial charge is 0.303 e. The number of thioether (sulfide) groups is 1. The quantitative estimate of drug-likeness (QED) is 0.874. The summed E-state index contributed by atoms with van der Waals surface area (Å²) in [5, 5.41) is 7.31. The van der Waals surface area contributed by atoms with Gasteiger partial charge in [-0.3, -0.25) is 5.10 Å². The number of aromatic nitrogens is 2. The van der Waals surface area contributed by atoms with Crippen LogP contribution in [0.25, 0.3) is 0 Å². The summed E-state index contributed by atoms with van der Waals surface area (Å²) in [6.07, 6.45) is 3.75. The van der Waals surface area contributed by atoms with Gasteiger partial charge >= 0.3 is 0 Å². The van der Waals surface area contributed by atoms with Crippen molar-refractivity contribution in [2.75, 3.05) is 25.1 Å². The number of nitrogens with one attached hydrogen (secondary N) is 1. The third-order valence-electron chi connectivity index (χ3n) is 3.75. The highest BCUT2D eigenvalue weighted by Crippen LogP contribution is 2.21. The Kier molecular flexibility index (Phi) is 4.51. The summed E-state index contributed by atoms with van der Waals surface area (Å²) >= 11 is 2.09. The molecule has 0 radical (unpaired) electrons. The first-order valence-corrected chi connectivity index (χ1v) is 7.62. The van der Waals surface area contributed by atoms with E-state index in [0.717, 1.165) is 12.5 Å². The average Bonchev–Trinajstić information content (AvgIpc) is 2.93. The van der Waals surface area contributed by atoms with Crippen molar-refractivity contribution in [2.45, 2.75) is 39.2 Å². The Morgan fingerprint density at radius 2 is 2.29 bits per heavy atom. The molecule has 1 aromatic rings. The molecule has 96 valence electrons. The first-order chi connectivity index (χ1) is 8.18. The van der Waals surface area contributed by atoms with Crippen molar-refractivity contribution in [1.82, 2.24) is 15.1 Å². The van der Waals surface area contributed by atoms with E-state index < -0.39 is 0 Å². The Labute approximate surface area is 108 Å². The van der Waals surface area contributed by atoms with E-state index in [1.54, 1.807) is 0 Å². The summed E-state index contributed by atoms with van der Waals surface area (Å²) < 4.78 is 0. The zero-order chi connectivity index (χ0) is 12.3. The molecule has 0 bridgehead atoms. The molecule has 0 amide bonds. The van der Waals surface area contributed by atoms with Crippen LogP contribution in [0.1, 0.15) is 29.8 Å².